The maximum atomic E-state index is 12.8. The zero-order valence-electron chi connectivity index (χ0n) is 19.5. The fourth-order valence-corrected chi connectivity index (χ4v) is 4.20. The zero-order chi connectivity index (χ0) is 24.3. The van der Waals surface area contributed by atoms with E-state index in [1.807, 2.05) is 72.2 Å². The molecule has 0 bridgehead atoms. The van der Waals surface area contributed by atoms with Crippen LogP contribution in [-0.4, -0.2) is 45.4 Å². The van der Waals surface area contributed by atoms with Crippen molar-refractivity contribution in [2.45, 2.75) is 32.1 Å². The molecule has 7 nitrogen and oxygen atoms in total. The number of carbonyl (C=O) groups excluding carboxylic acids is 1. The molecule has 1 amide bonds. The Bertz CT molecular complexity index is 1240. The third kappa shape index (κ3) is 4.16. The standard InChI is InChI=1S/C27H29N3O4/c1-4-30-22-15-19(25(32)28-17-18(2)31)16-23(34-3)24(22)29-26(30)27(33,20-11-7-5-8-12-20)21-13-9-6-10-14-21/h5-16,18,31,33H,4,17H2,1-3H3,(H,28,32)/t18-/m1/s1. The van der Waals surface area contributed by atoms with Crippen molar-refractivity contribution in [2.24, 2.45) is 0 Å². The Labute approximate surface area is 198 Å². The molecule has 0 saturated carbocycles. The summed E-state index contributed by atoms with van der Waals surface area (Å²) in [6.45, 7) is 4.22. The first-order chi connectivity index (χ1) is 16.4. The third-order valence-electron chi connectivity index (χ3n) is 5.88. The molecule has 1 heterocycles. The van der Waals surface area contributed by atoms with E-state index in [1.165, 1.54) is 7.11 Å². The first-order valence-corrected chi connectivity index (χ1v) is 11.3. The quantitative estimate of drug-likeness (QED) is 0.375. The van der Waals surface area contributed by atoms with Crippen molar-refractivity contribution in [2.75, 3.05) is 13.7 Å². The van der Waals surface area contributed by atoms with Crippen LogP contribution >= 0.6 is 0 Å². The van der Waals surface area contributed by atoms with Gasteiger partial charge in [0.2, 0.25) is 0 Å². The Kier molecular flexibility index (Phi) is 6.68. The summed E-state index contributed by atoms with van der Waals surface area (Å²) in [5.41, 5.74) is 1.44. The van der Waals surface area contributed by atoms with Crippen LogP contribution < -0.4 is 10.1 Å². The molecule has 7 heteroatoms. The fourth-order valence-electron chi connectivity index (χ4n) is 4.20. The average molecular weight is 460 g/mol. The highest BCUT2D eigenvalue weighted by molar-refractivity contribution is 5.99. The maximum Gasteiger partial charge on any atom is 0.251 e. The molecule has 1 aromatic heterocycles. The minimum atomic E-state index is -1.53. The number of hydrogen-bond donors (Lipinski definition) is 3. The van der Waals surface area contributed by atoms with E-state index in [9.17, 15) is 15.0 Å². The van der Waals surface area contributed by atoms with Gasteiger partial charge < -0.3 is 24.8 Å². The van der Waals surface area contributed by atoms with Crippen LogP contribution in [0.15, 0.2) is 72.8 Å². The van der Waals surface area contributed by atoms with Gasteiger partial charge in [-0.3, -0.25) is 4.79 Å². The zero-order valence-corrected chi connectivity index (χ0v) is 19.5. The minimum absolute atomic E-state index is 0.138. The van der Waals surface area contributed by atoms with Crippen LogP contribution in [0.1, 0.15) is 41.2 Å². The van der Waals surface area contributed by atoms with E-state index in [-0.39, 0.29) is 12.5 Å². The van der Waals surface area contributed by atoms with Gasteiger partial charge in [0, 0.05) is 18.7 Å². The van der Waals surface area contributed by atoms with Gasteiger partial charge >= 0.3 is 0 Å². The average Bonchev–Trinajstić information content (AvgIpc) is 3.26. The highest BCUT2D eigenvalue weighted by Gasteiger charge is 2.39. The van der Waals surface area contributed by atoms with Gasteiger partial charge in [-0.2, -0.15) is 0 Å². The predicted octanol–water partition coefficient (Wildman–Crippen LogP) is 3.46. The van der Waals surface area contributed by atoms with E-state index in [2.05, 4.69) is 5.32 Å². The number of ether oxygens (including phenoxy) is 1. The lowest BCUT2D eigenvalue weighted by Crippen LogP contribution is -2.32. The SMILES string of the molecule is CCn1c(C(O)(c2ccccc2)c2ccccc2)nc2c(OC)cc(C(=O)NC[C@@H](C)O)cc21. The summed E-state index contributed by atoms with van der Waals surface area (Å²) in [5.74, 6) is 0.534. The second-order valence-electron chi connectivity index (χ2n) is 8.23. The van der Waals surface area contributed by atoms with Gasteiger partial charge in [0.25, 0.3) is 5.91 Å². The second-order valence-corrected chi connectivity index (χ2v) is 8.23. The molecule has 0 aliphatic heterocycles. The molecule has 0 aliphatic rings. The molecule has 3 N–H and O–H groups in total. The minimum Gasteiger partial charge on any atom is -0.494 e. The van der Waals surface area contributed by atoms with Crippen LogP contribution in [0.25, 0.3) is 11.0 Å². The number of methoxy groups -OCH3 is 1. The van der Waals surface area contributed by atoms with Crippen LogP contribution in [0.4, 0.5) is 0 Å². The highest BCUT2D eigenvalue weighted by atomic mass is 16.5. The van der Waals surface area contributed by atoms with Crippen LogP contribution in [0, 0.1) is 0 Å². The van der Waals surface area contributed by atoms with E-state index in [4.69, 9.17) is 9.72 Å². The van der Waals surface area contributed by atoms with Gasteiger partial charge in [0.05, 0.1) is 18.7 Å². The number of amides is 1. The number of nitrogens with zero attached hydrogens (tertiary/aromatic N) is 2. The van der Waals surface area contributed by atoms with E-state index in [0.29, 0.717) is 45.8 Å². The van der Waals surface area contributed by atoms with E-state index in [1.54, 1.807) is 19.1 Å². The Morgan fingerprint density at radius 3 is 2.18 bits per heavy atom. The van der Waals surface area contributed by atoms with Crippen LogP contribution in [0.5, 0.6) is 5.75 Å². The number of fused-ring (bicyclic) bond motifs is 1. The number of nitrogens with one attached hydrogen (secondary N) is 1. The summed E-state index contributed by atoms with van der Waals surface area (Å²) in [5, 5.41) is 24.5. The Balaban J connectivity index is 1.97. The maximum absolute atomic E-state index is 12.8. The Hall–Kier alpha value is -3.68. The lowest BCUT2D eigenvalue weighted by Gasteiger charge is -2.29. The highest BCUT2D eigenvalue weighted by Crippen LogP contribution is 2.39. The third-order valence-corrected chi connectivity index (χ3v) is 5.88. The number of hydrogen-bond acceptors (Lipinski definition) is 5. The monoisotopic (exact) mass is 459 g/mol. The number of benzene rings is 3. The van der Waals surface area contributed by atoms with Gasteiger partial charge in [-0.25, -0.2) is 4.98 Å². The first kappa shape index (κ1) is 23.5. The molecule has 176 valence electrons. The van der Waals surface area contributed by atoms with Gasteiger partial charge in [0.1, 0.15) is 11.3 Å². The Morgan fingerprint density at radius 1 is 1.09 bits per heavy atom. The number of aryl methyl sites for hydroxylation is 1. The van der Waals surface area contributed by atoms with Crippen LogP contribution in [-0.2, 0) is 12.1 Å². The summed E-state index contributed by atoms with van der Waals surface area (Å²) < 4.78 is 7.50. The van der Waals surface area contributed by atoms with Gasteiger partial charge in [-0.15, -0.1) is 0 Å². The van der Waals surface area contributed by atoms with Crippen molar-refractivity contribution < 1.29 is 19.7 Å². The topological polar surface area (TPSA) is 96.6 Å². The molecule has 0 aliphatic carbocycles. The first-order valence-electron chi connectivity index (χ1n) is 11.3. The van der Waals surface area contributed by atoms with E-state index < -0.39 is 11.7 Å². The number of aliphatic hydroxyl groups excluding tert-OH is 1. The smallest absolute Gasteiger partial charge is 0.251 e. The summed E-state index contributed by atoms with van der Waals surface area (Å²) >= 11 is 0. The lowest BCUT2D eigenvalue weighted by atomic mass is 9.85. The largest absolute Gasteiger partial charge is 0.494 e. The van der Waals surface area contributed by atoms with Crippen molar-refractivity contribution in [3.05, 3.63) is 95.3 Å². The second kappa shape index (κ2) is 9.67. The number of aromatic nitrogens is 2. The summed E-state index contributed by atoms with van der Waals surface area (Å²) in [6, 6.07) is 22.2. The molecule has 0 unspecified atom stereocenters. The van der Waals surface area contributed by atoms with Crippen LogP contribution in [0.3, 0.4) is 0 Å². The van der Waals surface area contributed by atoms with E-state index in [0.717, 1.165) is 0 Å². The molecular weight excluding hydrogens is 430 g/mol. The van der Waals surface area contributed by atoms with Gasteiger partial charge in [0.15, 0.2) is 11.4 Å². The molecule has 0 fully saturated rings. The van der Waals surface area contributed by atoms with Crippen molar-refractivity contribution in [1.82, 2.24) is 14.9 Å². The molecular formula is C27H29N3O4. The van der Waals surface area contributed by atoms with E-state index >= 15 is 0 Å². The molecule has 3 aromatic carbocycles. The summed E-state index contributed by atoms with van der Waals surface area (Å²) in [4.78, 5) is 17.6. The van der Waals surface area contributed by atoms with Crippen LogP contribution in [0.2, 0.25) is 0 Å². The molecule has 1 atom stereocenters. The van der Waals surface area contributed by atoms with Crippen molar-refractivity contribution in [3.8, 4) is 5.75 Å². The summed E-state index contributed by atoms with van der Waals surface area (Å²) in [7, 11) is 1.53. The molecule has 0 radical (unpaired) electrons. The number of imidazole rings is 1. The number of rotatable bonds is 8. The molecule has 4 aromatic rings. The predicted molar refractivity (Wildman–Crippen MR) is 131 cm³/mol. The van der Waals surface area contributed by atoms with Crippen molar-refractivity contribution in [3.63, 3.8) is 0 Å². The normalized spacial score (nSPS) is 12.5. The number of carbonyl (C=O) groups is 1. The summed E-state index contributed by atoms with van der Waals surface area (Å²) in [6.07, 6.45) is -0.658. The Morgan fingerprint density at radius 2 is 1.68 bits per heavy atom. The molecule has 4 rings (SSSR count). The molecule has 0 spiro atoms. The van der Waals surface area contributed by atoms with Gasteiger partial charge in [-0.05, 0) is 37.1 Å². The van der Waals surface area contributed by atoms with Crippen molar-refractivity contribution >= 4 is 16.9 Å². The lowest BCUT2D eigenvalue weighted by molar-refractivity contribution is 0.0924. The van der Waals surface area contributed by atoms with Crippen molar-refractivity contribution in [1.29, 1.82) is 0 Å². The fraction of sp³-hybridized carbons (Fsp3) is 0.259. The molecule has 0 saturated heterocycles. The molecule has 34 heavy (non-hydrogen) atoms. The van der Waals surface area contributed by atoms with Gasteiger partial charge in [-0.1, -0.05) is 60.7 Å². The number of aliphatic hydroxyl groups is 2.